The summed E-state index contributed by atoms with van der Waals surface area (Å²) >= 11 is 0. The van der Waals surface area contributed by atoms with Gasteiger partial charge in [0.25, 0.3) is 5.91 Å². The molecule has 1 aromatic carbocycles. The molecule has 5 heteroatoms. The number of fused-ring (bicyclic) bond motifs is 1. The van der Waals surface area contributed by atoms with Gasteiger partial charge in [0.1, 0.15) is 24.2 Å². The number of benzene rings is 1. The highest BCUT2D eigenvalue weighted by molar-refractivity contribution is 5.97. The Balaban J connectivity index is 1.98. The highest BCUT2D eigenvalue weighted by Crippen LogP contribution is 2.28. The lowest BCUT2D eigenvalue weighted by Crippen LogP contribution is -2.24. The summed E-state index contributed by atoms with van der Waals surface area (Å²) in [6, 6.07) is 8.44. The fourth-order valence-electron chi connectivity index (χ4n) is 2.05. The molecule has 2 heterocycles. The first-order chi connectivity index (χ1) is 9.25. The van der Waals surface area contributed by atoms with E-state index >= 15 is 0 Å². The van der Waals surface area contributed by atoms with Gasteiger partial charge in [0, 0.05) is 0 Å². The normalized spacial score (nSPS) is 15.9. The van der Waals surface area contributed by atoms with E-state index in [0.717, 1.165) is 0 Å². The monoisotopic (exact) mass is 259 g/mol. The predicted molar refractivity (Wildman–Crippen MR) is 67.0 cm³/mol. The maximum Gasteiger partial charge on any atom is 0.255 e. The number of aliphatic hydroxyl groups is 1. The number of hydrogen-bond donors (Lipinski definition) is 2. The maximum atomic E-state index is 11.9. The van der Waals surface area contributed by atoms with Crippen LogP contribution >= 0.6 is 0 Å². The predicted octanol–water partition coefficient (Wildman–Crippen LogP) is 1.48. The summed E-state index contributed by atoms with van der Waals surface area (Å²) in [5.41, 5.74) is 1.02. The van der Waals surface area contributed by atoms with Crippen molar-refractivity contribution in [2.24, 2.45) is 0 Å². The van der Waals surface area contributed by atoms with Crippen molar-refractivity contribution < 1.29 is 19.1 Å². The third kappa shape index (κ3) is 2.20. The minimum Gasteiger partial charge on any atom is -0.491 e. The molecule has 1 amide bonds. The number of ether oxygens (including phenoxy) is 1. The molecule has 2 aromatic rings. The zero-order valence-corrected chi connectivity index (χ0v) is 10.1. The van der Waals surface area contributed by atoms with Crippen LogP contribution in [0.4, 0.5) is 0 Å². The van der Waals surface area contributed by atoms with Crippen LogP contribution in [0.5, 0.6) is 5.75 Å². The molecule has 5 nitrogen and oxygen atoms in total. The van der Waals surface area contributed by atoms with E-state index in [1.807, 2.05) is 0 Å². The van der Waals surface area contributed by atoms with Crippen molar-refractivity contribution >= 4 is 5.91 Å². The third-order valence-electron chi connectivity index (χ3n) is 3.02. The van der Waals surface area contributed by atoms with Gasteiger partial charge in [0.05, 0.1) is 18.4 Å². The number of amides is 1. The van der Waals surface area contributed by atoms with Gasteiger partial charge in [0.2, 0.25) is 0 Å². The molecule has 0 radical (unpaired) electrons. The molecule has 1 aliphatic heterocycles. The summed E-state index contributed by atoms with van der Waals surface area (Å²) in [6.07, 6.45) is 0.606. The Kier molecular flexibility index (Phi) is 2.97. The van der Waals surface area contributed by atoms with Crippen molar-refractivity contribution in [2.75, 3.05) is 13.2 Å². The second kappa shape index (κ2) is 4.78. The van der Waals surface area contributed by atoms with Crippen molar-refractivity contribution in [2.45, 2.75) is 6.10 Å². The molecule has 19 heavy (non-hydrogen) atoms. The van der Waals surface area contributed by atoms with Crippen molar-refractivity contribution in [1.82, 2.24) is 5.32 Å². The lowest BCUT2D eigenvalue weighted by Gasteiger charge is -2.11. The zero-order valence-electron chi connectivity index (χ0n) is 10.1. The molecule has 0 spiro atoms. The molecule has 1 unspecified atom stereocenters. The number of nitrogens with one attached hydrogen (secondary N) is 1. The fraction of sp³-hybridized carbons (Fsp3) is 0.214. The van der Waals surface area contributed by atoms with E-state index in [1.54, 1.807) is 30.3 Å². The zero-order chi connectivity index (χ0) is 13.2. The number of aliphatic hydroxyl groups excluding tert-OH is 1. The maximum absolute atomic E-state index is 11.9. The van der Waals surface area contributed by atoms with Gasteiger partial charge in [-0.05, 0) is 29.8 Å². The molecule has 0 saturated heterocycles. The van der Waals surface area contributed by atoms with Crippen molar-refractivity contribution in [3.63, 3.8) is 0 Å². The Morgan fingerprint density at radius 3 is 3.00 bits per heavy atom. The van der Waals surface area contributed by atoms with E-state index in [4.69, 9.17) is 9.15 Å². The van der Waals surface area contributed by atoms with Gasteiger partial charge >= 0.3 is 0 Å². The molecule has 3 rings (SSSR count). The Morgan fingerprint density at radius 1 is 1.32 bits per heavy atom. The van der Waals surface area contributed by atoms with E-state index in [-0.39, 0.29) is 5.91 Å². The lowest BCUT2D eigenvalue weighted by atomic mass is 10.0. The standard InChI is InChI=1S/C14H13NO4/c16-13(12-2-1-6-18-12)9-3-4-11-10(8-9)14(17)15-5-7-19-11/h1-4,6,8,13,16H,5,7H2,(H,15,17). The average molecular weight is 259 g/mol. The summed E-state index contributed by atoms with van der Waals surface area (Å²) in [6.45, 7) is 0.919. The highest BCUT2D eigenvalue weighted by Gasteiger charge is 2.20. The second-order valence-electron chi connectivity index (χ2n) is 4.28. The molecule has 1 aromatic heterocycles. The Labute approximate surface area is 109 Å². The minimum absolute atomic E-state index is 0.194. The summed E-state index contributed by atoms with van der Waals surface area (Å²) in [5, 5.41) is 12.9. The van der Waals surface area contributed by atoms with E-state index in [2.05, 4.69) is 5.32 Å². The Hall–Kier alpha value is -2.27. The van der Waals surface area contributed by atoms with Crippen LogP contribution in [0, 0.1) is 0 Å². The van der Waals surface area contributed by atoms with Crippen LogP contribution in [0.3, 0.4) is 0 Å². The first-order valence-corrected chi connectivity index (χ1v) is 6.02. The summed E-state index contributed by atoms with van der Waals surface area (Å²) in [5.74, 6) is 0.779. The third-order valence-corrected chi connectivity index (χ3v) is 3.02. The molecule has 98 valence electrons. The molecule has 2 N–H and O–H groups in total. The smallest absolute Gasteiger partial charge is 0.255 e. The Morgan fingerprint density at radius 2 is 2.21 bits per heavy atom. The van der Waals surface area contributed by atoms with Crippen LogP contribution in [0.15, 0.2) is 41.0 Å². The van der Waals surface area contributed by atoms with Gasteiger partial charge in [-0.1, -0.05) is 6.07 Å². The van der Waals surface area contributed by atoms with Crippen molar-refractivity contribution in [1.29, 1.82) is 0 Å². The van der Waals surface area contributed by atoms with Gasteiger partial charge in [-0.25, -0.2) is 0 Å². The van der Waals surface area contributed by atoms with Gasteiger partial charge in [0.15, 0.2) is 0 Å². The molecule has 1 aliphatic rings. The summed E-state index contributed by atoms with van der Waals surface area (Å²) in [7, 11) is 0. The highest BCUT2D eigenvalue weighted by atomic mass is 16.5. The molecule has 1 atom stereocenters. The van der Waals surface area contributed by atoms with Crippen molar-refractivity contribution in [3.8, 4) is 5.75 Å². The number of carbonyl (C=O) groups excluding carboxylic acids is 1. The molecule has 0 fully saturated rings. The molecular weight excluding hydrogens is 246 g/mol. The lowest BCUT2D eigenvalue weighted by molar-refractivity contribution is 0.0957. The fourth-order valence-corrected chi connectivity index (χ4v) is 2.05. The molecule has 0 saturated carbocycles. The van der Waals surface area contributed by atoms with Crippen LogP contribution in [0.1, 0.15) is 27.8 Å². The van der Waals surface area contributed by atoms with E-state index < -0.39 is 6.10 Å². The average Bonchev–Trinajstić information content (AvgIpc) is 2.90. The SMILES string of the molecule is O=C1NCCOc2ccc(C(O)c3ccco3)cc21. The van der Waals surface area contributed by atoms with Crippen LogP contribution in [0.25, 0.3) is 0 Å². The van der Waals surface area contributed by atoms with Crippen LogP contribution in [-0.4, -0.2) is 24.2 Å². The number of rotatable bonds is 2. The first-order valence-electron chi connectivity index (χ1n) is 6.02. The van der Waals surface area contributed by atoms with Crippen LogP contribution in [-0.2, 0) is 0 Å². The number of carbonyl (C=O) groups is 1. The van der Waals surface area contributed by atoms with Gasteiger partial charge < -0.3 is 19.6 Å². The largest absolute Gasteiger partial charge is 0.491 e. The molecular formula is C14H13NO4. The molecule has 0 bridgehead atoms. The van der Waals surface area contributed by atoms with E-state index in [0.29, 0.717) is 35.8 Å². The quantitative estimate of drug-likeness (QED) is 0.857. The summed E-state index contributed by atoms with van der Waals surface area (Å²) in [4.78, 5) is 11.9. The van der Waals surface area contributed by atoms with Crippen LogP contribution in [0.2, 0.25) is 0 Å². The van der Waals surface area contributed by atoms with Gasteiger partial charge in [-0.3, -0.25) is 4.79 Å². The van der Waals surface area contributed by atoms with Gasteiger partial charge in [-0.2, -0.15) is 0 Å². The second-order valence-corrected chi connectivity index (χ2v) is 4.28. The van der Waals surface area contributed by atoms with Crippen LogP contribution < -0.4 is 10.1 Å². The Bertz CT molecular complexity index is 591. The molecule has 0 aliphatic carbocycles. The van der Waals surface area contributed by atoms with E-state index in [9.17, 15) is 9.90 Å². The number of hydrogen-bond acceptors (Lipinski definition) is 4. The first kappa shape index (κ1) is 11.8. The minimum atomic E-state index is -0.892. The summed E-state index contributed by atoms with van der Waals surface area (Å²) < 4.78 is 10.6. The van der Waals surface area contributed by atoms with Crippen molar-refractivity contribution in [3.05, 3.63) is 53.5 Å². The number of furan rings is 1. The van der Waals surface area contributed by atoms with Gasteiger partial charge in [-0.15, -0.1) is 0 Å². The topological polar surface area (TPSA) is 71.7 Å². The van der Waals surface area contributed by atoms with E-state index in [1.165, 1.54) is 6.26 Å².